The summed E-state index contributed by atoms with van der Waals surface area (Å²) in [5.74, 6) is 1.24. The van der Waals surface area contributed by atoms with Crippen LogP contribution in [-0.4, -0.2) is 30.5 Å². The molecule has 4 nitrogen and oxygen atoms in total. The molecular formula is C15H24ClNO3. The van der Waals surface area contributed by atoms with Gasteiger partial charge in [0.05, 0.1) is 24.8 Å². The van der Waals surface area contributed by atoms with Crippen molar-refractivity contribution in [3.05, 3.63) is 22.7 Å². The molecular weight excluding hydrogens is 278 g/mol. The van der Waals surface area contributed by atoms with Gasteiger partial charge in [0.1, 0.15) is 0 Å². The zero-order chi connectivity index (χ0) is 15.2. The van der Waals surface area contributed by atoms with Crippen LogP contribution in [0.4, 0.5) is 0 Å². The SMILES string of the molecule is CCOc1cc(CNC(C)(C)CO)cc(Cl)c1OCC. The number of aliphatic hydroxyl groups excluding tert-OH is 1. The zero-order valence-corrected chi connectivity index (χ0v) is 13.4. The first-order chi connectivity index (χ1) is 9.43. The van der Waals surface area contributed by atoms with Crippen LogP contribution in [0, 0.1) is 0 Å². The number of halogens is 1. The Morgan fingerprint density at radius 3 is 2.40 bits per heavy atom. The number of nitrogens with one attached hydrogen (secondary N) is 1. The van der Waals surface area contributed by atoms with Crippen molar-refractivity contribution in [2.75, 3.05) is 19.8 Å². The molecule has 0 saturated carbocycles. The standard InChI is InChI=1S/C15H24ClNO3/c1-5-19-13-8-11(9-17-15(3,4)10-18)7-12(16)14(13)20-6-2/h7-8,17-18H,5-6,9-10H2,1-4H3. The van der Waals surface area contributed by atoms with Crippen LogP contribution in [0.2, 0.25) is 5.02 Å². The third-order valence-electron chi connectivity index (χ3n) is 2.82. The number of rotatable bonds is 8. The molecule has 2 N–H and O–H groups in total. The largest absolute Gasteiger partial charge is 0.490 e. The molecule has 0 radical (unpaired) electrons. The van der Waals surface area contributed by atoms with E-state index in [4.69, 9.17) is 21.1 Å². The minimum Gasteiger partial charge on any atom is -0.490 e. The van der Waals surface area contributed by atoms with Crippen LogP contribution in [0.5, 0.6) is 11.5 Å². The number of hydrogen-bond acceptors (Lipinski definition) is 4. The van der Waals surface area contributed by atoms with Crippen LogP contribution >= 0.6 is 11.6 Å². The third kappa shape index (κ3) is 4.85. The molecule has 0 unspecified atom stereocenters. The van der Waals surface area contributed by atoms with E-state index in [0.29, 0.717) is 36.3 Å². The maximum Gasteiger partial charge on any atom is 0.179 e. The lowest BCUT2D eigenvalue weighted by atomic mass is 10.1. The molecule has 1 rings (SSSR count). The van der Waals surface area contributed by atoms with Gasteiger partial charge in [-0.05, 0) is 45.4 Å². The molecule has 0 spiro atoms. The van der Waals surface area contributed by atoms with Gasteiger partial charge in [0, 0.05) is 12.1 Å². The molecule has 0 amide bonds. The van der Waals surface area contributed by atoms with Gasteiger partial charge in [0.15, 0.2) is 11.5 Å². The molecule has 1 aromatic carbocycles. The first-order valence-corrected chi connectivity index (χ1v) is 7.25. The fourth-order valence-corrected chi connectivity index (χ4v) is 1.96. The fraction of sp³-hybridized carbons (Fsp3) is 0.600. The number of aliphatic hydroxyl groups is 1. The Morgan fingerprint density at radius 1 is 1.20 bits per heavy atom. The predicted molar refractivity (Wildman–Crippen MR) is 81.8 cm³/mol. The van der Waals surface area contributed by atoms with E-state index in [2.05, 4.69) is 5.32 Å². The summed E-state index contributed by atoms with van der Waals surface area (Å²) in [6.45, 7) is 9.45. The molecule has 0 aliphatic heterocycles. The second-order valence-corrected chi connectivity index (χ2v) is 5.57. The lowest BCUT2D eigenvalue weighted by Gasteiger charge is -2.24. The summed E-state index contributed by atoms with van der Waals surface area (Å²) in [5.41, 5.74) is 0.653. The van der Waals surface area contributed by atoms with Crippen molar-refractivity contribution in [1.29, 1.82) is 0 Å². The summed E-state index contributed by atoms with van der Waals surface area (Å²) in [5, 5.41) is 13.1. The van der Waals surface area contributed by atoms with E-state index in [1.165, 1.54) is 0 Å². The van der Waals surface area contributed by atoms with Gasteiger partial charge < -0.3 is 19.9 Å². The van der Waals surface area contributed by atoms with Crippen LogP contribution in [0.25, 0.3) is 0 Å². The molecule has 0 aromatic heterocycles. The smallest absolute Gasteiger partial charge is 0.179 e. The van der Waals surface area contributed by atoms with Gasteiger partial charge in [-0.15, -0.1) is 0 Å². The first kappa shape index (κ1) is 17.1. The Balaban J connectivity index is 2.93. The van der Waals surface area contributed by atoms with E-state index >= 15 is 0 Å². The van der Waals surface area contributed by atoms with Crippen molar-refractivity contribution in [1.82, 2.24) is 5.32 Å². The molecule has 114 valence electrons. The van der Waals surface area contributed by atoms with Gasteiger partial charge in [-0.2, -0.15) is 0 Å². The van der Waals surface area contributed by atoms with Crippen molar-refractivity contribution in [3.8, 4) is 11.5 Å². The van der Waals surface area contributed by atoms with E-state index in [1.54, 1.807) is 0 Å². The van der Waals surface area contributed by atoms with Crippen LogP contribution < -0.4 is 14.8 Å². The van der Waals surface area contributed by atoms with Gasteiger partial charge >= 0.3 is 0 Å². The molecule has 0 bridgehead atoms. The molecule has 5 heteroatoms. The number of hydrogen-bond donors (Lipinski definition) is 2. The monoisotopic (exact) mass is 301 g/mol. The van der Waals surface area contributed by atoms with Gasteiger partial charge in [-0.25, -0.2) is 0 Å². The van der Waals surface area contributed by atoms with Gasteiger partial charge in [-0.3, -0.25) is 0 Å². The lowest BCUT2D eigenvalue weighted by Crippen LogP contribution is -2.42. The zero-order valence-electron chi connectivity index (χ0n) is 12.6. The summed E-state index contributed by atoms with van der Waals surface area (Å²) in [4.78, 5) is 0. The van der Waals surface area contributed by atoms with Crippen LogP contribution in [-0.2, 0) is 6.54 Å². The van der Waals surface area contributed by atoms with E-state index in [-0.39, 0.29) is 12.1 Å². The summed E-state index contributed by atoms with van der Waals surface area (Å²) < 4.78 is 11.1. The Hall–Kier alpha value is -0.970. The molecule has 0 aliphatic carbocycles. The summed E-state index contributed by atoms with van der Waals surface area (Å²) in [6, 6.07) is 3.77. The average Bonchev–Trinajstić information content (AvgIpc) is 2.41. The lowest BCUT2D eigenvalue weighted by molar-refractivity contribution is 0.187. The second kappa shape index (κ2) is 7.72. The van der Waals surface area contributed by atoms with E-state index < -0.39 is 0 Å². The summed E-state index contributed by atoms with van der Waals surface area (Å²) in [6.07, 6.45) is 0. The molecule has 0 fully saturated rings. The predicted octanol–water partition coefficient (Wildman–Crippen LogP) is 3.00. The van der Waals surface area contributed by atoms with Gasteiger partial charge in [-0.1, -0.05) is 11.6 Å². The Bertz CT molecular complexity index is 435. The first-order valence-electron chi connectivity index (χ1n) is 6.87. The Labute approximate surface area is 126 Å². The van der Waals surface area contributed by atoms with Crippen LogP contribution in [0.3, 0.4) is 0 Å². The van der Waals surface area contributed by atoms with Crippen molar-refractivity contribution >= 4 is 11.6 Å². The third-order valence-corrected chi connectivity index (χ3v) is 3.10. The van der Waals surface area contributed by atoms with Crippen molar-refractivity contribution in [3.63, 3.8) is 0 Å². The van der Waals surface area contributed by atoms with Gasteiger partial charge in [0.2, 0.25) is 0 Å². The Kier molecular flexibility index (Phi) is 6.59. The van der Waals surface area contributed by atoms with E-state index in [0.717, 1.165) is 5.56 Å². The highest BCUT2D eigenvalue weighted by Gasteiger charge is 2.17. The molecule has 0 aliphatic rings. The summed E-state index contributed by atoms with van der Waals surface area (Å²) in [7, 11) is 0. The minimum atomic E-state index is -0.336. The van der Waals surface area contributed by atoms with Crippen molar-refractivity contribution < 1.29 is 14.6 Å². The summed E-state index contributed by atoms with van der Waals surface area (Å²) >= 11 is 6.25. The fourth-order valence-electron chi connectivity index (χ4n) is 1.67. The highest BCUT2D eigenvalue weighted by molar-refractivity contribution is 6.32. The molecule has 20 heavy (non-hydrogen) atoms. The molecule has 0 atom stereocenters. The number of ether oxygens (including phenoxy) is 2. The van der Waals surface area contributed by atoms with E-state index in [9.17, 15) is 5.11 Å². The quantitative estimate of drug-likeness (QED) is 0.775. The normalized spacial score (nSPS) is 11.5. The van der Waals surface area contributed by atoms with Crippen molar-refractivity contribution in [2.45, 2.75) is 39.8 Å². The van der Waals surface area contributed by atoms with E-state index in [1.807, 2.05) is 39.8 Å². The van der Waals surface area contributed by atoms with Crippen LogP contribution in [0.15, 0.2) is 12.1 Å². The number of benzene rings is 1. The van der Waals surface area contributed by atoms with Gasteiger partial charge in [0.25, 0.3) is 0 Å². The maximum absolute atomic E-state index is 9.25. The molecule has 0 saturated heterocycles. The maximum atomic E-state index is 9.25. The highest BCUT2D eigenvalue weighted by atomic mass is 35.5. The average molecular weight is 302 g/mol. The van der Waals surface area contributed by atoms with Crippen LogP contribution in [0.1, 0.15) is 33.3 Å². The minimum absolute atomic E-state index is 0.0656. The van der Waals surface area contributed by atoms with Crippen molar-refractivity contribution in [2.24, 2.45) is 0 Å². The molecule has 0 heterocycles. The topological polar surface area (TPSA) is 50.7 Å². The Morgan fingerprint density at radius 2 is 1.85 bits per heavy atom. The molecule has 1 aromatic rings. The highest BCUT2D eigenvalue weighted by Crippen LogP contribution is 2.36. The second-order valence-electron chi connectivity index (χ2n) is 5.17.